The lowest BCUT2D eigenvalue weighted by Gasteiger charge is -1.98. The first kappa shape index (κ1) is 5.67. The molecule has 0 saturated carbocycles. The fourth-order valence-electron chi connectivity index (χ4n) is 0.676. The zero-order valence-corrected chi connectivity index (χ0v) is 5.63. The maximum Gasteiger partial charge on any atom is 0.282 e. The molecule has 2 heterocycles. The topological polar surface area (TPSA) is 55.9 Å². The van der Waals surface area contributed by atoms with Crippen molar-refractivity contribution >= 4 is 29.2 Å². The summed E-state index contributed by atoms with van der Waals surface area (Å²) in [5.74, 6) is -0.251. The van der Waals surface area contributed by atoms with Crippen LogP contribution in [-0.2, 0) is 4.79 Å². The number of rotatable bonds is 0. The molecule has 0 aliphatic carbocycles. The van der Waals surface area contributed by atoms with Crippen molar-refractivity contribution in [1.29, 1.82) is 0 Å². The number of fused-ring (bicyclic) bond motifs is 1. The number of hydrogen-bond donors (Lipinski definition) is 0. The molecule has 1 radical (unpaired) electrons. The normalized spacial score (nSPS) is 21.4. The number of hydrogen-bond acceptors (Lipinski definition) is 3. The van der Waals surface area contributed by atoms with E-state index in [9.17, 15) is 4.79 Å². The maximum absolute atomic E-state index is 10.9. The number of amides is 1. The van der Waals surface area contributed by atoms with Crippen molar-refractivity contribution in [3.63, 3.8) is 0 Å². The molecule has 2 rings (SSSR count). The predicted octanol–water partition coefficient (Wildman–Crippen LogP) is 0.104. The maximum atomic E-state index is 10.9. The molecule has 0 bridgehead atoms. The Morgan fingerprint density at radius 3 is 3.20 bits per heavy atom. The molecule has 0 aromatic heterocycles. The van der Waals surface area contributed by atoms with Gasteiger partial charge < -0.3 is 0 Å². The van der Waals surface area contributed by atoms with Crippen LogP contribution >= 0.6 is 11.9 Å². The van der Waals surface area contributed by atoms with Gasteiger partial charge in [-0.15, -0.1) is 0 Å². The second-order valence-electron chi connectivity index (χ2n) is 1.72. The van der Waals surface area contributed by atoms with E-state index in [4.69, 9.17) is 0 Å². The zero-order chi connectivity index (χ0) is 6.97. The zero-order valence-electron chi connectivity index (χ0n) is 4.81. The summed E-state index contributed by atoms with van der Waals surface area (Å²) in [6.45, 7) is 0. The number of aliphatic imine (C=N–C) groups is 2. The van der Waals surface area contributed by atoms with Crippen molar-refractivity contribution < 1.29 is 4.79 Å². The van der Waals surface area contributed by atoms with Gasteiger partial charge in [0, 0.05) is 11.9 Å². The minimum Gasteiger partial charge on any atom is -0.267 e. The van der Waals surface area contributed by atoms with Crippen LogP contribution < -0.4 is 4.72 Å². The Kier molecular flexibility index (Phi) is 1.10. The summed E-state index contributed by atoms with van der Waals surface area (Å²) in [5, 5.41) is 0.653. The Morgan fingerprint density at radius 2 is 2.40 bits per heavy atom. The minimum atomic E-state index is -0.251. The minimum absolute atomic E-state index is 0.251. The van der Waals surface area contributed by atoms with E-state index in [1.807, 2.05) is 0 Å². The van der Waals surface area contributed by atoms with E-state index < -0.39 is 0 Å². The molecule has 2 aliphatic rings. The molecule has 4 nitrogen and oxygen atoms in total. The predicted molar refractivity (Wildman–Crippen MR) is 38.7 cm³/mol. The third kappa shape index (κ3) is 0.672. The summed E-state index contributed by atoms with van der Waals surface area (Å²) >= 11 is 1.20. The molecule has 0 spiro atoms. The Morgan fingerprint density at radius 1 is 1.50 bits per heavy atom. The third-order valence-electron chi connectivity index (χ3n) is 1.13. The summed E-state index contributed by atoms with van der Waals surface area (Å²) < 4.78 is 3.80. The Bertz CT molecular complexity index is 279. The van der Waals surface area contributed by atoms with Gasteiger partial charge in [-0.05, 0) is 0 Å². The number of carbonyl (C=O) groups is 1. The van der Waals surface area contributed by atoms with Crippen LogP contribution in [0.3, 0.4) is 0 Å². The molecule has 5 heteroatoms. The average Bonchev–Trinajstić information content (AvgIpc) is 2.36. The Balaban J connectivity index is 2.48. The molecule has 1 amide bonds. The highest BCUT2D eigenvalue weighted by Gasteiger charge is 2.23. The van der Waals surface area contributed by atoms with Crippen molar-refractivity contribution in [2.75, 3.05) is 0 Å². The monoisotopic (exact) mass is 152 g/mol. The first-order chi connectivity index (χ1) is 4.88. The summed E-state index contributed by atoms with van der Waals surface area (Å²) in [6.07, 6.45) is 2.74. The van der Waals surface area contributed by atoms with Crippen LogP contribution in [0.1, 0.15) is 0 Å². The van der Waals surface area contributed by atoms with Gasteiger partial charge in [0.2, 0.25) is 0 Å². The fourth-order valence-corrected chi connectivity index (χ4v) is 1.27. The van der Waals surface area contributed by atoms with Crippen molar-refractivity contribution in [2.45, 2.75) is 0 Å². The van der Waals surface area contributed by atoms with E-state index in [0.717, 1.165) is 0 Å². The van der Waals surface area contributed by atoms with Crippen LogP contribution in [0, 0.1) is 0 Å². The van der Waals surface area contributed by atoms with Crippen LogP contribution in [-0.4, -0.2) is 17.3 Å². The molecule has 0 saturated heterocycles. The summed E-state index contributed by atoms with van der Waals surface area (Å²) in [5.41, 5.74) is 0.507. The molecular weight excluding hydrogens is 150 g/mol. The average molecular weight is 152 g/mol. The highest BCUT2D eigenvalue weighted by molar-refractivity contribution is 8.13. The van der Waals surface area contributed by atoms with Crippen molar-refractivity contribution in [3.8, 4) is 0 Å². The fraction of sp³-hybridized carbons (Fsp3) is 0. The van der Waals surface area contributed by atoms with Crippen LogP contribution in [0.15, 0.2) is 21.8 Å². The van der Waals surface area contributed by atoms with E-state index in [0.29, 0.717) is 10.6 Å². The molecule has 0 aromatic rings. The number of carbonyl (C=O) groups excluding carboxylic acids is 1. The Hall–Kier alpha value is -1.10. The van der Waals surface area contributed by atoms with Crippen LogP contribution in [0.5, 0.6) is 0 Å². The lowest BCUT2D eigenvalue weighted by Crippen LogP contribution is -2.08. The second kappa shape index (κ2) is 1.95. The van der Waals surface area contributed by atoms with Gasteiger partial charge in [-0.2, -0.15) is 4.99 Å². The van der Waals surface area contributed by atoms with Gasteiger partial charge in [0.15, 0.2) is 0 Å². The highest BCUT2D eigenvalue weighted by Crippen LogP contribution is 2.20. The lowest BCUT2D eigenvalue weighted by molar-refractivity contribution is -0.113. The van der Waals surface area contributed by atoms with Gasteiger partial charge in [-0.1, -0.05) is 0 Å². The molecule has 10 heavy (non-hydrogen) atoms. The van der Waals surface area contributed by atoms with Crippen molar-refractivity contribution in [1.82, 2.24) is 4.72 Å². The Labute approximate surface area is 61.3 Å². The summed E-state index contributed by atoms with van der Waals surface area (Å²) in [6, 6.07) is 0. The SMILES string of the molecule is O=C1N=CN=C2S[N]C=C12. The van der Waals surface area contributed by atoms with E-state index in [1.54, 1.807) is 0 Å². The highest BCUT2D eigenvalue weighted by atomic mass is 32.2. The molecule has 49 valence electrons. The lowest BCUT2D eigenvalue weighted by atomic mass is 10.3. The molecule has 0 N–H and O–H groups in total. The van der Waals surface area contributed by atoms with Gasteiger partial charge in [0.25, 0.3) is 5.91 Å². The van der Waals surface area contributed by atoms with Crippen LogP contribution in [0.4, 0.5) is 0 Å². The molecule has 2 aliphatic heterocycles. The van der Waals surface area contributed by atoms with Crippen LogP contribution in [0.2, 0.25) is 0 Å². The first-order valence-electron chi connectivity index (χ1n) is 2.60. The first-order valence-corrected chi connectivity index (χ1v) is 3.37. The van der Waals surface area contributed by atoms with Crippen LogP contribution in [0.25, 0.3) is 0 Å². The van der Waals surface area contributed by atoms with Gasteiger partial charge in [0.1, 0.15) is 11.4 Å². The van der Waals surface area contributed by atoms with Crippen molar-refractivity contribution in [3.05, 3.63) is 11.8 Å². The molecule has 0 fully saturated rings. The molecule has 0 atom stereocenters. The standard InChI is InChI=1S/C5H2N3OS/c9-4-3-1-8-10-5(3)7-2-6-4/h1-2H. The van der Waals surface area contributed by atoms with Gasteiger partial charge in [-0.25, -0.2) is 9.71 Å². The molecule has 0 unspecified atom stereocenters. The van der Waals surface area contributed by atoms with Gasteiger partial charge in [0.05, 0.1) is 11.8 Å². The van der Waals surface area contributed by atoms with Gasteiger partial charge in [-0.3, -0.25) is 4.79 Å². The van der Waals surface area contributed by atoms with Crippen molar-refractivity contribution in [2.24, 2.45) is 9.98 Å². The smallest absolute Gasteiger partial charge is 0.267 e. The van der Waals surface area contributed by atoms with E-state index in [1.165, 1.54) is 24.5 Å². The number of nitrogens with zero attached hydrogens (tertiary/aromatic N) is 3. The third-order valence-corrected chi connectivity index (χ3v) is 1.84. The molecular formula is C5H2N3OS. The quantitative estimate of drug-likeness (QED) is 0.462. The van der Waals surface area contributed by atoms with E-state index in [-0.39, 0.29) is 5.91 Å². The van der Waals surface area contributed by atoms with Gasteiger partial charge >= 0.3 is 0 Å². The van der Waals surface area contributed by atoms with E-state index >= 15 is 0 Å². The summed E-state index contributed by atoms with van der Waals surface area (Å²) in [4.78, 5) is 18.2. The van der Waals surface area contributed by atoms with E-state index in [2.05, 4.69) is 14.7 Å². The second-order valence-corrected chi connectivity index (χ2v) is 2.50. The molecule has 0 aromatic carbocycles. The summed E-state index contributed by atoms with van der Waals surface area (Å²) in [7, 11) is 0. The largest absolute Gasteiger partial charge is 0.282 e.